The maximum atomic E-state index is 11.0. The normalized spacial score (nSPS) is 42.8. The highest BCUT2D eigenvalue weighted by Gasteiger charge is 2.39. The lowest BCUT2D eigenvalue weighted by Crippen LogP contribution is -2.45. The highest BCUT2D eigenvalue weighted by atomic mass is 16.4. The average molecular weight is 463 g/mol. The minimum absolute atomic E-state index is 0.0386. The Bertz CT molecular complexity index is 488. The Morgan fingerprint density at radius 1 is 0.500 bits per heavy atom. The van der Waals surface area contributed by atoms with Gasteiger partial charge in [0.15, 0.2) is 0 Å². The lowest BCUT2D eigenvalue weighted by atomic mass is 9.82. The van der Waals surface area contributed by atoms with Crippen LogP contribution in [0, 0.1) is 0 Å². The summed E-state index contributed by atoms with van der Waals surface area (Å²) in [5.41, 5.74) is -2.54. The summed E-state index contributed by atoms with van der Waals surface area (Å²) in [6, 6.07) is 0. The zero-order valence-electron chi connectivity index (χ0n) is 19.4. The van der Waals surface area contributed by atoms with E-state index >= 15 is 0 Å². The molecule has 2 aliphatic rings. The first-order chi connectivity index (χ1) is 15.1. The monoisotopic (exact) mass is 462 g/mol. The number of rotatable bonds is 7. The first-order valence-corrected chi connectivity index (χ1v) is 12.6. The quantitative estimate of drug-likeness (QED) is 0.259. The van der Waals surface area contributed by atoms with E-state index in [1.54, 1.807) is 0 Å². The van der Waals surface area contributed by atoms with Crippen molar-refractivity contribution in [3.05, 3.63) is 0 Å². The van der Waals surface area contributed by atoms with E-state index in [1.807, 2.05) is 0 Å². The van der Waals surface area contributed by atoms with Gasteiger partial charge in [0.1, 0.15) is 0 Å². The van der Waals surface area contributed by atoms with Gasteiger partial charge < -0.3 is 40.9 Å². The van der Waals surface area contributed by atoms with Gasteiger partial charge in [-0.2, -0.15) is 0 Å². The Morgan fingerprint density at radius 3 is 1.25 bits per heavy atom. The van der Waals surface area contributed by atoms with Crippen molar-refractivity contribution in [1.29, 1.82) is 0 Å². The van der Waals surface area contributed by atoms with Gasteiger partial charge in [-0.3, -0.25) is 0 Å². The molecule has 8 heteroatoms. The summed E-state index contributed by atoms with van der Waals surface area (Å²) in [5, 5.41) is 82.7. The molecule has 0 bridgehead atoms. The predicted molar refractivity (Wildman–Crippen MR) is 120 cm³/mol. The van der Waals surface area contributed by atoms with Gasteiger partial charge >= 0.3 is 0 Å². The molecule has 8 unspecified atom stereocenters. The van der Waals surface area contributed by atoms with Crippen molar-refractivity contribution in [2.45, 2.75) is 151 Å². The second kappa shape index (κ2) is 13.0. The zero-order chi connectivity index (χ0) is 23.8. The number of hydrogen-bond acceptors (Lipinski definition) is 8. The molecule has 0 radical (unpaired) electrons. The van der Waals surface area contributed by atoms with Crippen LogP contribution < -0.4 is 0 Å². The van der Waals surface area contributed by atoms with Crippen molar-refractivity contribution in [3.63, 3.8) is 0 Å². The van der Waals surface area contributed by atoms with Crippen LogP contribution >= 0.6 is 0 Å². The van der Waals surface area contributed by atoms with E-state index in [2.05, 4.69) is 0 Å². The van der Waals surface area contributed by atoms with E-state index in [9.17, 15) is 40.9 Å². The lowest BCUT2D eigenvalue weighted by molar-refractivity contribution is -0.111. The molecular formula is C24H46O8. The van der Waals surface area contributed by atoms with Gasteiger partial charge in [-0.05, 0) is 38.5 Å². The summed E-state index contributed by atoms with van der Waals surface area (Å²) in [7, 11) is 0. The minimum Gasteiger partial charge on any atom is -0.390 e. The molecule has 0 spiro atoms. The number of aliphatic hydroxyl groups excluding tert-OH is 6. The molecule has 0 saturated heterocycles. The van der Waals surface area contributed by atoms with Crippen LogP contribution in [-0.4, -0.2) is 88.7 Å². The second-order valence-corrected chi connectivity index (χ2v) is 10.4. The van der Waals surface area contributed by atoms with Crippen LogP contribution in [0.2, 0.25) is 0 Å². The Labute approximate surface area is 191 Å². The Hall–Kier alpha value is -0.320. The Kier molecular flexibility index (Phi) is 11.3. The van der Waals surface area contributed by atoms with Crippen LogP contribution in [0.1, 0.15) is 103 Å². The first kappa shape index (κ1) is 27.9. The largest absolute Gasteiger partial charge is 0.390 e. The summed E-state index contributed by atoms with van der Waals surface area (Å²) in [4.78, 5) is 0. The lowest BCUT2D eigenvalue weighted by Gasteiger charge is -2.34. The van der Waals surface area contributed by atoms with Crippen molar-refractivity contribution in [3.8, 4) is 0 Å². The molecule has 8 nitrogen and oxygen atoms in total. The van der Waals surface area contributed by atoms with Crippen molar-refractivity contribution in [2.75, 3.05) is 0 Å². The van der Waals surface area contributed by atoms with E-state index in [4.69, 9.17) is 0 Å². The molecule has 2 fully saturated rings. The third-order valence-corrected chi connectivity index (χ3v) is 7.75. The molecule has 8 N–H and O–H groups in total. The van der Waals surface area contributed by atoms with Crippen LogP contribution in [0.15, 0.2) is 0 Å². The number of unbranched alkanes of at least 4 members (excludes halogenated alkanes) is 3. The third-order valence-electron chi connectivity index (χ3n) is 7.75. The van der Waals surface area contributed by atoms with Gasteiger partial charge in [0.25, 0.3) is 0 Å². The molecular weight excluding hydrogens is 416 g/mol. The van der Waals surface area contributed by atoms with E-state index in [1.165, 1.54) is 0 Å². The van der Waals surface area contributed by atoms with Crippen molar-refractivity contribution in [1.82, 2.24) is 0 Å². The average Bonchev–Trinajstić information content (AvgIpc) is 2.82. The molecule has 0 aromatic heterocycles. The maximum Gasteiger partial charge on any atom is 0.0906 e. The van der Waals surface area contributed by atoms with Crippen LogP contribution in [-0.2, 0) is 0 Å². The Morgan fingerprint density at radius 2 is 0.875 bits per heavy atom. The number of aliphatic hydroxyl groups is 8. The third kappa shape index (κ3) is 8.17. The summed E-state index contributed by atoms with van der Waals surface area (Å²) in [5.74, 6) is 0. The standard InChI is InChI=1S/C24H46O8/c25-17-9-3-7-13-23(31,21(29)15-19(17)27)11-5-1-2-6-12-24(32)14-8-4-10-18(26)20(28)16-22(24)30/h17-22,25-32H,1-16H2. The maximum absolute atomic E-state index is 11.0. The van der Waals surface area contributed by atoms with Crippen LogP contribution in [0.4, 0.5) is 0 Å². The highest BCUT2D eigenvalue weighted by Crippen LogP contribution is 2.33. The van der Waals surface area contributed by atoms with E-state index < -0.39 is 47.8 Å². The molecule has 8 atom stereocenters. The predicted octanol–water partition coefficient (Wildman–Crippen LogP) is 0.883. The molecule has 2 rings (SSSR count). The fourth-order valence-corrected chi connectivity index (χ4v) is 5.30. The molecule has 0 aromatic carbocycles. The second-order valence-electron chi connectivity index (χ2n) is 10.4. The topological polar surface area (TPSA) is 162 Å². The summed E-state index contributed by atoms with van der Waals surface area (Å²) < 4.78 is 0. The Balaban J connectivity index is 1.77. The molecule has 2 saturated carbocycles. The van der Waals surface area contributed by atoms with E-state index in [0.29, 0.717) is 77.0 Å². The van der Waals surface area contributed by atoms with Gasteiger partial charge in [0, 0.05) is 12.8 Å². The van der Waals surface area contributed by atoms with Crippen LogP contribution in [0.3, 0.4) is 0 Å². The van der Waals surface area contributed by atoms with Gasteiger partial charge in [0.05, 0.1) is 47.8 Å². The minimum atomic E-state index is -1.27. The molecule has 32 heavy (non-hydrogen) atoms. The van der Waals surface area contributed by atoms with Crippen LogP contribution in [0.25, 0.3) is 0 Å². The van der Waals surface area contributed by atoms with Crippen molar-refractivity contribution >= 4 is 0 Å². The molecule has 0 heterocycles. The molecule has 2 aliphatic carbocycles. The van der Waals surface area contributed by atoms with Crippen LogP contribution in [0.5, 0.6) is 0 Å². The van der Waals surface area contributed by atoms with Gasteiger partial charge in [-0.15, -0.1) is 0 Å². The SMILES string of the molecule is OC1CCCCC(O)(CCCCCCC2(O)CCCCC(O)C(O)CC2O)C(O)CC1O. The van der Waals surface area contributed by atoms with E-state index in [0.717, 1.165) is 12.8 Å². The molecule has 190 valence electrons. The fraction of sp³-hybridized carbons (Fsp3) is 1.00. The summed E-state index contributed by atoms with van der Waals surface area (Å²) in [6.07, 6.45) is 2.33. The van der Waals surface area contributed by atoms with Gasteiger partial charge in [-0.25, -0.2) is 0 Å². The number of hydrogen-bond donors (Lipinski definition) is 8. The van der Waals surface area contributed by atoms with E-state index in [-0.39, 0.29) is 12.8 Å². The summed E-state index contributed by atoms with van der Waals surface area (Å²) in [6.45, 7) is 0. The fourth-order valence-electron chi connectivity index (χ4n) is 5.30. The zero-order valence-corrected chi connectivity index (χ0v) is 19.4. The smallest absolute Gasteiger partial charge is 0.0906 e. The van der Waals surface area contributed by atoms with Gasteiger partial charge in [-0.1, -0.05) is 51.4 Å². The molecule has 0 aromatic rings. The summed E-state index contributed by atoms with van der Waals surface area (Å²) >= 11 is 0. The van der Waals surface area contributed by atoms with Crippen molar-refractivity contribution < 1.29 is 40.9 Å². The first-order valence-electron chi connectivity index (χ1n) is 12.6. The molecule has 0 amide bonds. The van der Waals surface area contributed by atoms with Crippen molar-refractivity contribution in [2.24, 2.45) is 0 Å². The highest BCUT2D eigenvalue weighted by molar-refractivity contribution is 4.92. The van der Waals surface area contributed by atoms with Gasteiger partial charge in [0.2, 0.25) is 0 Å². The molecule has 0 aliphatic heterocycles.